The molecule has 81 heavy (non-hydrogen) atoms. The van der Waals surface area contributed by atoms with Gasteiger partial charge in [0.15, 0.2) is 6.10 Å². The third kappa shape index (κ3) is 68.3. The van der Waals surface area contributed by atoms with Crippen LogP contribution in [0.25, 0.3) is 0 Å². The Morgan fingerprint density at radius 3 is 0.753 bits per heavy atom. The van der Waals surface area contributed by atoms with Crippen LogP contribution in [0.4, 0.5) is 0 Å². The van der Waals surface area contributed by atoms with Crippen molar-refractivity contribution >= 4 is 17.9 Å². The van der Waals surface area contributed by atoms with Gasteiger partial charge in [-0.2, -0.15) is 0 Å². The molecule has 6 heteroatoms. The average Bonchev–Trinajstić information content (AvgIpc) is 3.46. The van der Waals surface area contributed by atoms with Crippen LogP contribution in [0.2, 0.25) is 0 Å². The Hall–Kier alpha value is -2.37. The van der Waals surface area contributed by atoms with Crippen molar-refractivity contribution in [3.8, 4) is 0 Å². The lowest BCUT2D eigenvalue weighted by atomic mass is 10.0. The van der Waals surface area contributed by atoms with E-state index in [2.05, 4.69) is 57.2 Å². The van der Waals surface area contributed by atoms with E-state index in [-0.39, 0.29) is 31.1 Å². The minimum atomic E-state index is -0.775. The van der Waals surface area contributed by atoms with Crippen LogP contribution in [0.1, 0.15) is 406 Å². The first-order valence-corrected chi connectivity index (χ1v) is 36.5. The Balaban J connectivity index is 4.09. The molecule has 0 aliphatic rings. The molecule has 0 aromatic carbocycles. The van der Waals surface area contributed by atoms with Gasteiger partial charge in [-0.3, -0.25) is 14.4 Å². The third-order valence-corrected chi connectivity index (χ3v) is 16.7. The fraction of sp³-hybridized carbons (Fsp3) is 0.880. The van der Waals surface area contributed by atoms with Crippen molar-refractivity contribution in [3.63, 3.8) is 0 Å². The van der Waals surface area contributed by atoms with Gasteiger partial charge in [-0.1, -0.05) is 372 Å². The second kappa shape index (κ2) is 70.1. The van der Waals surface area contributed by atoms with Gasteiger partial charge >= 0.3 is 17.9 Å². The summed E-state index contributed by atoms with van der Waals surface area (Å²) >= 11 is 0. The predicted octanol–water partition coefficient (Wildman–Crippen LogP) is 25.1. The van der Waals surface area contributed by atoms with Gasteiger partial charge in [-0.25, -0.2) is 0 Å². The van der Waals surface area contributed by atoms with E-state index < -0.39 is 6.10 Å². The van der Waals surface area contributed by atoms with Crippen LogP contribution in [0, 0.1) is 0 Å². The maximum absolute atomic E-state index is 12.9. The van der Waals surface area contributed by atoms with E-state index in [0.29, 0.717) is 19.3 Å². The van der Waals surface area contributed by atoms with Crippen molar-refractivity contribution in [2.45, 2.75) is 412 Å². The van der Waals surface area contributed by atoms with Crippen LogP contribution in [0.3, 0.4) is 0 Å². The van der Waals surface area contributed by atoms with Crippen LogP contribution in [0.15, 0.2) is 36.5 Å². The molecule has 476 valence electrons. The molecule has 0 saturated carbocycles. The molecule has 6 nitrogen and oxygen atoms in total. The quantitative estimate of drug-likeness (QED) is 0.0261. The van der Waals surface area contributed by atoms with Gasteiger partial charge in [0.1, 0.15) is 13.2 Å². The number of hydrogen-bond acceptors (Lipinski definition) is 6. The van der Waals surface area contributed by atoms with Crippen LogP contribution >= 0.6 is 0 Å². The third-order valence-electron chi connectivity index (χ3n) is 16.7. The molecular weight excluding hydrogens is 997 g/mol. The van der Waals surface area contributed by atoms with Crippen molar-refractivity contribution < 1.29 is 28.6 Å². The van der Waals surface area contributed by atoms with Crippen molar-refractivity contribution in [1.82, 2.24) is 0 Å². The Bertz CT molecular complexity index is 1350. The number of carbonyl (C=O) groups is 3. The second-order valence-corrected chi connectivity index (χ2v) is 24.8. The lowest BCUT2D eigenvalue weighted by Gasteiger charge is -2.18. The molecule has 0 aromatic rings. The van der Waals surface area contributed by atoms with Crippen LogP contribution in [-0.4, -0.2) is 37.2 Å². The molecule has 0 heterocycles. The summed E-state index contributed by atoms with van der Waals surface area (Å²) in [5, 5.41) is 0. The number of ether oxygens (including phenoxy) is 3. The molecule has 0 spiro atoms. The summed E-state index contributed by atoms with van der Waals surface area (Å²) in [7, 11) is 0. The maximum Gasteiger partial charge on any atom is 0.306 e. The molecule has 0 aromatic heterocycles. The van der Waals surface area contributed by atoms with E-state index in [4.69, 9.17) is 14.2 Å². The van der Waals surface area contributed by atoms with Gasteiger partial charge in [0.2, 0.25) is 0 Å². The zero-order valence-corrected chi connectivity index (χ0v) is 54.8. The van der Waals surface area contributed by atoms with E-state index in [1.807, 2.05) is 0 Å². The van der Waals surface area contributed by atoms with Crippen molar-refractivity contribution in [2.75, 3.05) is 13.2 Å². The number of rotatable bonds is 68. The van der Waals surface area contributed by atoms with E-state index >= 15 is 0 Å². The Morgan fingerprint density at radius 1 is 0.259 bits per heavy atom. The fourth-order valence-corrected chi connectivity index (χ4v) is 11.2. The largest absolute Gasteiger partial charge is 0.462 e. The molecule has 0 bridgehead atoms. The van der Waals surface area contributed by atoms with Gasteiger partial charge in [-0.05, 0) is 51.4 Å². The molecule has 0 aliphatic heterocycles. The summed E-state index contributed by atoms with van der Waals surface area (Å²) in [5.41, 5.74) is 0. The first-order chi connectivity index (χ1) is 40.0. The van der Waals surface area contributed by atoms with E-state index in [1.54, 1.807) is 0 Å². The molecule has 1 unspecified atom stereocenters. The normalized spacial score (nSPS) is 12.2. The van der Waals surface area contributed by atoms with Gasteiger partial charge in [0.25, 0.3) is 0 Å². The highest BCUT2D eigenvalue weighted by Gasteiger charge is 2.19. The highest BCUT2D eigenvalue weighted by Crippen LogP contribution is 2.19. The van der Waals surface area contributed by atoms with E-state index in [1.165, 1.54) is 283 Å². The molecule has 1 atom stereocenters. The van der Waals surface area contributed by atoms with Crippen LogP contribution in [0.5, 0.6) is 0 Å². The molecule has 0 saturated heterocycles. The number of unbranched alkanes of at least 4 members (excludes halogenated alkanes) is 51. The van der Waals surface area contributed by atoms with Crippen molar-refractivity contribution in [1.29, 1.82) is 0 Å². The Labute approximate surface area is 506 Å². The summed E-state index contributed by atoms with van der Waals surface area (Å²) in [6, 6.07) is 0. The van der Waals surface area contributed by atoms with Crippen molar-refractivity contribution in [3.05, 3.63) is 36.5 Å². The first-order valence-electron chi connectivity index (χ1n) is 36.5. The zero-order chi connectivity index (χ0) is 58.5. The molecule has 0 N–H and O–H groups in total. The summed E-state index contributed by atoms with van der Waals surface area (Å²) in [6.45, 7) is 6.59. The smallest absolute Gasteiger partial charge is 0.306 e. The molecule has 0 amide bonds. The SMILES string of the molecule is CC/C=C\C/C=C\C/C=C\CCCCCCCCCC(=O)OC(COC(=O)CCCCCCCCCCCCCCC)COC(=O)CCCCCCCCCCCCCCCCCCCCCCCCCCCCCCCCCCC. The number of allylic oxidation sites excluding steroid dienone is 6. The lowest BCUT2D eigenvalue weighted by Crippen LogP contribution is -2.30. The topological polar surface area (TPSA) is 78.9 Å². The Kier molecular flexibility index (Phi) is 68.1. The monoisotopic (exact) mass is 1140 g/mol. The predicted molar refractivity (Wildman–Crippen MR) is 353 cm³/mol. The zero-order valence-electron chi connectivity index (χ0n) is 54.8. The van der Waals surface area contributed by atoms with Gasteiger partial charge in [0.05, 0.1) is 0 Å². The standard InChI is InChI=1S/C75H140O6/c1-4-7-10-13-16-19-22-25-27-29-30-31-32-33-34-35-36-37-38-39-40-41-42-43-44-46-47-50-53-56-59-62-65-68-74(77)80-71-72(70-79-73(76)67-64-61-58-55-52-49-24-21-18-15-12-9-6-3)81-75(78)69-66-63-60-57-54-51-48-45-28-26-23-20-17-14-11-8-5-2/h8,11,17,20,26,28,72H,4-7,9-10,12-16,18-19,21-25,27,29-71H2,1-3H3/b11-8-,20-17-,28-26-. The van der Waals surface area contributed by atoms with E-state index in [0.717, 1.165) is 83.5 Å². The minimum absolute atomic E-state index is 0.0707. The average molecular weight is 1140 g/mol. The van der Waals surface area contributed by atoms with Gasteiger partial charge in [-0.15, -0.1) is 0 Å². The van der Waals surface area contributed by atoms with Crippen molar-refractivity contribution in [2.24, 2.45) is 0 Å². The summed E-state index contributed by atoms with van der Waals surface area (Å²) in [6.07, 6.45) is 87.7. The number of esters is 3. The van der Waals surface area contributed by atoms with Crippen LogP contribution < -0.4 is 0 Å². The lowest BCUT2D eigenvalue weighted by molar-refractivity contribution is -0.167. The second-order valence-electron chi connectivity index (χ2n) is 24.8. The summed E-state index contributed by atoms with van der Waals surface area (Å²) in [4.78, 5) is 38.4. The van der Waals surface area contributed by atoms with Crippen LogP contribution in [-0.2, 0) is 28.6 Å². The minimum Gasteiger partial charge on any atom is -0.462 e. The number of hydrogen-bond donors (Lipinski definition) is 0. The highest BCUT2D eigenvalue weighted by atomic mass is 16.6. The molecular formula is C75H140O6. The number of carbonyl (C=O) groups excluding carboxylic acids is 3. The summed E-state index contributed by atoms with van der Waals surface area (Å²) < 4.78 is 17.0. The molecule has 0 radical (unpaired) electrons. The Morgan fingerprint density at radius 2 is 0.481 bits per heavy atom. The summed E-state index contributed by atoms with van der Waals surface area (Å²) in [5.74, 6) is -0.852. The first kappa shape index (κ1) is 78.6. The molecule has 0 rings (SSSR count). The fourth-order valence-electron chi connectivity index (χ4n) is 11.2. The van der Waals surface area contributed by atoms with E-state index in [9.17, 15) is 14.4 Å². The van der Waals surface area contributed by atoms with Gasteiger partial charge < -0.3 is 14.2 Å². The molecule has 0 fully saturated rings. The molecule has 0 aliphatic carbocycles. The van der Waals surface area contributed by atoms with Gasteiger partial charge in [0, 0.05) is 19.3 Å². The highest BCUT2D eigenvalue weighted by molar-refractivity contribution is 5.71. The maximum atomic E-state index is 12.9.